The van der Waals surface area contributed by atoms with Gasteiger partial charge in [0.25, 0.3) is 5.69 Å². The predicted molar refractivity (Wildman–Crippen MR) is 92.1 cm³/mol. The summed E-state index contributed by atoms with van der Waals surface area (Å²) >= 11 is 6.14. The smallest absolute Gasteiger partial charge is 0.271 e. The number of non-ortho nitro benzene ring substituents is 1. The number of amides is 2. The Morgan fingerprint density at radius 2 is 1.68 bits per heavy atom. The highest BCUT2D eigenvalue weighted by Crippen LogP contribution is 2.57. The number of halogens is 1. The van der Waals surface area contributed by atoms with Crippen LogP contribution in [0.25, 0.3) is 0 Å². The Morgan fingerprint density at radius 1 is 1.12 bits per heavy atom. The Hall–Kier alpha value is -2.47. The molecule has 1 aromatic rings. The van der Waals surface area contributed by atoms with E-state index in [0.717, 1.165) is 16.0 Å². The van der Waals surface area contributed by atoms with E-state index in [4.69, 9.17) is 11.6 Å². The van der Waals surface area contributed by atoms with Crippen molar-refractivity contribution >= 4 is 34.8 Å². The lowest BCUT2D eigenvalue weighted by Gasteiger charge is -2.20. The van der Waals surface area contributed by atoms with Crippen molar-refractivity contribution in [2.45, 2.75) is 13.8 Å². The van der Waals surface area contributed by atoms with Gasteiger partial charge < -0.3 is 0 Å². The van der Waals surface area contributed by atoms with Crippen LogP contribution in [0.3, 0.4) is 0 Å². The maximum Gasteiger partial charge on any atom is 0.271 e. The van der Waals surface area contributed by atoms with Crippen LogP contribution in [0.5, 0.6) is 0 Å². The molecule has 128 valence electrons. The summed E-state index contributed by atoms with van der Waals surface area (Å²) in [5.74, 6) is -1.68. The molecule has 2 aliphatic carbocycles. The Labute approximate surface area is 148 Å². The maximum atomic E-state index is 13.0. The number of fused-ring (bicyclic) bond motifs is 5. The van der Waals surface area contributed by atoms with Gasteiger partial charge in [-0.05, 0) is 19.9 Å². The lowest BCUT2D eigenvalue weighted by molar-refractivity contribution is -0.384. The Bertz CT molecular complexity index is 866. The molecule has 4 rings (SSSR count). The standard InChI is InChI=1S/C18H15ClN2O4/c1-8(2)14-10-4-5-11(14)16-15(10)17(22)20(18(16)23)13-7-9(21(24)25)3-6-12(13)19/h3-7,10-11,15-16H,1-2H3/t10-,11-,15+,16+/m0/s1. The third-order valence-corrected chi connectivity index (χ3v) is 5.69. The Kier molecular flexibility index (Phi) is 3.37. The maximum absolute atomic E-state index is 13.0. The molecule has 1 aliphatic heterocycles. The molecule has 2 bridgehead atoms. The lowest BCUT2D eigenvalue weighted by atomic mass is 9.85. The van der Waals surface area contributed by atoms with Gasteiger partial charge >= 0.3 is 0 Å². The normalized spacial score (nSPS) is 29.6. The Morgan fingerprint density at radius 3 is 2.16 bits per heavy atom. The van der Waals surface area contributed by atoms with Crippen LogP contribution in [0.15, 0.2) is 41.5 Å². The lowest BCUT2D eigenvalue weighted by Crippen LogP contribution is -2.33. The average Bonchev–Trinajstić information content (AvgIpc) is 3.18. The fourth-order valence-corrected chi connectivity index (χ4v) is 4.66. The highest BCUT2D eigenvalue weighted by Gasteiger charge is 2.62. The zero-order valence-corrected chi connectivity index (χ0v) is 14.4. The van der Waals surface area contributed by atoms with Crippen molar-refractivity contribution in [3.8, 4) is 0 Å². The number of anilines is 1. The van der Waals surface area contributed by atoms with E-state index < -0.39 is 16.8 Å². The summed E-state index contributed by atoms with van der Waals surface area (Å²) in [6, 6.07) is 3.79. The van der Waals surface area contributed by atoms with Gasteiger partial charge in [-0.15, -0.1) is 0 Å². The third-order valence-electron chi connectivity index (χ3n) is 5.37. The molecular weight excluding hydrogens is 344 g/mol. The van der Waals surface area contributed by atoms with Crippen LogP contribution in [0.4, 0.5) is 11.4 Å². The fraction of sp³-hybridized carbons (Fsp3) is 0.333. The predicted octanol–water partition coefficient (Wildman–Crippen LogP) is 3.51. The van der Waals surface area contributed by atoms with Gasteiger partial charge in [-0.2, -0.15) is 0 Å². The molecule has 25 heavy (non-hydrogen) atoms. The summed E-state index contributed by atoms with van der Waals surface area (Å²) in [5, 5.41) is 11.2. The third kappa shape index (κ3) is 2.03. The summed E-state index contributed by atoms with van der Waals surface area (Å²) in [4.78, 5) is 37.5. The van der Waals surface area contributed by atoms with Crippen LogP contribution in [0, 0.1) is 33.8 Å². The molecule has 0 radical (unpaired) electrons. The number of imide groups is 1. The molecule has 1 heterocycles. The SMILES string of the molecule is CC(C)=C1[C@@H]2C=C[C@@H]1[C@H]1C(=O)N(c3cc([N+](=O)[O-])ccc3Cl)C(=O)[C@@H]12. The molecule has 0 aromatic heterocycles. The van der Waals surface area contributed by atoms with Crippen molar-refractivity contribution < 1.29 is 14.5 Å². The summed E-state index contributed by atoms with van der Waals surface area (Å²) in [5.41, 5.74) is 2.18. The number of nitro groups is 1. The molecule has 1 saturated heterocycles. The van der Waals surface area contributed by atoms with E-state index >= 15 is 0 Å². The molecule has 4 atom stereocenters. The van der Waals surface area contributed by atoms with Crippen molar-refractivity contribution in [2.75, 3.05) is 4.90 Å². The Balaban J connectivity index is 1.79. The molecule has 0 spiro atoms. The molecule has 6 nitrogen and oxygen atoms in total. The molecule has 2 fully saturated rings. The van der Waals surface area contributed by atoms with Crippen LogP contribution >= 0.6 is 11.6 Å². The van der Waals surface area contributed by atoms with Gasteiger partial charge in [0, 0.05) is 24.0 Å². The second kappa shape index (κ2) is 5.26. The van der Waals surface area contributed by atoms with Crippen molar-refractivity contribution in [1.82, 2.24) is 0 Å². The summed E-state index contributed by atoms with van der Waals surface area (Å²) in [6.45, 7) is 3.99. The van der Waals surface area contributed by atoms with E-state index in [1.807, 2.05) is 26.0 Å². The highest BCUT2D eigenvalue weighted by molar-refractivity contribution is 6.36. The van der Waals surface area contributed by atoms with E-state index in [1.165, 1.54) is 18.2 Å². The fourth-order valence-electron chi connectivity index (χ4n) is 4.45. The van der Waals surface area contributed by atoms with Gasteiger partial charge in [0.2, 0.25) is 11.8 Å². The van der Waals surface area contributed by atoms with E-state index in [1.54, 1.807) is 0 Å². The molecule has 1 aromatic carbocycles. The van der Waals surface area contributed by atoms with Crippen molar-refractivity contribution in [2.24, 2.45) is 23.7 Å². The van der Waals surface area contributed by atoms with Crippen molar-refractivity contribution in [3.05, 3.63) is 56.6 Å². The van der Waals surface area contributed by atoms with Crippen LogP contribution in [0.2, 0.25) is 5.02 Å². The number of rotatable bonds is 2. The number of carbonyl (C=O) groups excluding carboxylic acids is 2. The van der Waals surface area contributed by atoms with Crippen molar-refractivity contribution in [1.29, 1.82) is 0 Å². The van der Waals surface area contributed by atoms with Gasteiger partial charge in [-0.1, -0.05) is 34.9 Å². The molecule has 2 amide bonds. The van der Waals surface area contributed by atoms with E-state index in [-0.39, 0.29) is 40.0 Å². The average molecular weight is 359 g/mol. The van der Waals surface area contributed by atoms with Crippen molar-refractivity contribution in [3.63, 3.8) is 0 Å². The number of carbonyl (C=O) groups is 2. The first-order valence-corrected chi connectivity index (χ1v) is 8.38. The zero-order chi connectivity index (χ0) is 18.0. The van der Waals surface area contributed by atoms with Crippen LogP contribution in [-0.4, -0.2) is 16.7 Å². The molecule has 3 aliphatic rings. The number of nitro benzene ring substituents is 1. The second-order valence-corrected chi connectivity index (χ2v) is 7.26. The monoisotopic (exact) mass is 358 g/mol. The number of allylic oxidation sites excluding steroid dienone is 4. The number of nitrogens with zero attached hydrogens (tertiary/aromatic N) is 2. The molecule has 0 unspecified atom stereocenters. The molecule has 0 N–H and O–H groups in total. The first-order chi connectivity index (χ1) is 11.8. The van der Waals surface area contributed by atoms with E-state index in [2.05, 4.69) is 0 Å². The minimum Gasteiger partial charge on any atom is -0.274 e. The van der Waals surface area contributed by atoms with Gasteiger partial charge in [-0.25, -0.2) is 4.90 Å². The van der Waals surface area contributed by atoms with Crippen LogP contribution in [-0.2, 0) is 9.59 Å². The largest absolute Gasteiger partial charge is 0.274 e. The van der Waals surface area contributed by atoms with Crippen LogP contribution in [0.1, 0.15) is 13.8 Å². The quantitative estimate of drug-likeness (QED) is 0.350. The number of benzene rings is 1. The summed E-state index contributed by atoms with van der Waals surface area (Å²) in [6.07, 6.45) is 4.00. The second-order valence-electron chi connectivity index (χ2n) is 6.85. The first kappa shape index (κ1) is 16.0. The molecular formula is C18H15ClN2O4. The highest BCUT2D eigenvalue weighted by atomic mass is 35.5. The van der Waals surface area contributed by atoms with E-state index in [9.17, 15) is 19.7 Å². The summed E-state index contributed by atoms with van der Waals surface area (Å²) in [7, 11) is 0. The van der Waals surface area contributed by atoms with Gasteiger partial charge in [0.1, 0.15) is 0 Å². The number of hydrogen-bond acceptors (Lipinski definition) is 4. The van der Waals surface area contributed by atoms with Gasteiger partial charge in [0.15, 0.2) is 0 Å². The van der Waals surface area contributed by atoms with Crippen LogP contribution < -0.4 is 4.90 Å². The van der Waals surface area contributed by atoms with Gasteiger partial charge in [0.05, 0.1) is 27.5 Å². The van der Waals surface area contributed by atoms with E-state index in [0.29, 0.717) is 0 Å². The minimum atomic E-state index is -0.571. The molecule has 7 heteroatoms. The first-order valence-electron chi connectivity index (χ1n) is 8.00. The zero-order valence-electron chi connectivity index (χ0n) is 13.6. The summed E-state index contributed by atoms with van der Waals surface area (Å²) < 4.78 is 0. The van der Waals surface area contributed by atoms with Gasteiger partial charge in [-0.3, -0.25) is 19.7 Å². The number of hydrogen-bond donors (Lipinski definition) is 0. The topological polar surface area (TPSA) is 80.5 Å². The molecule has 1 saturated carbocycles. The minimum absolute atomic E-state index is 0.0704.